The number of rotatable bonds is 6. The van der Waals surface area contributed by atoms with Gasteiger partial charge in [0.05, 0.1) is 18.1 Å². The second-order valence-electron chi connectivity index (χ2n) is 6.16. The number of benzene rings is 1. The van der Waals surface area contributed by atoms with Crippen molar-refractivity contribution in [1.82, 2.24) is 15.0 Å². The van der Waals surface area contributed by atoms with E-state index in [9.17, 15) is 10.1 Å². The van der Waals surface area contributed by atoms with E-state index in [0.29, 0.717) is 42.8 Å². The van der Waals surface area contributed by atoms with Crippen LogP contribution in [0, 0.1) is 17.0 Å². The van der Waals surface area contributed by atoms with Gasteiger partial charge in [0.25, 0.3) is 0 Å². The van der Waals surface area contributed by atoms with Gasteiger partial charge in [0.15, 0.2) is 11.6 Å². The number of ether oxygens (including phenoxy) is 1. The number of hydrogen-bond donors (Lipinski definition) is 0. The summed E-state index contributed by atoms with van der Waals surface area (Å²) < 4.78 is 10.5. The molecule has 0 saturated carbocycles. The molecule has 0 radical (unpaired) electrons. The summed E-state index contributed by atoms with van der Waals surface area (Å²) in [5.74, 6) is 1.54. The number of nitro benzene ring substituents is 1. The molecule has 9 nitrogen and oxygen atoms in total. The molecule has 0 unspecified atom stereocenters. The van der Waals surface area contributed by atoms with Gasteiger partial charge < -0.3 is 14.2 Å². The predicted octanol–water partition coefficient (Wildman–Crippen LogP) is 2.40. The molecule has 0 spiro atoms. The Morgan fingerprint density at radius 3 is 2.85 bits per heavy atom. The van der Waals surface area contributed by atoms with Gasteiger partial charge in [-0.1, -0.05) is 11.2 Å². The average Bonchev–Trinajstić information content (AvgIpc) is 2.88. The first-order valence-electron chi connectivity index (χ1n) is 8.75. The van der Waals surface area contributed by atoms with E-state index in [-0.39, 0.29) is 10.6 Å². The third-order valence-electron chi connectivity index (χ3n) is 4.32. The molecular formula is C17H23N5O4. The minimum absolute atomic E-state index is 0.0385. The van der Waals surface area contributed by atoms with E-state index >= 15 is 0 Å². The summed E-state index contributed by atoms with van der Waals surface area (Å²) in [5, 5.41) is 15.6. The Kier molecular flexibility index (Phi) is 5.67. The molecule has 26 heavy (non-hydrogen) atoms. The van der Waals surface area contributed by atoms with Crippen LogP contribution in [0.15, 0.2) is 22.7 Å². The largest absolute Gasteiger partial charge is 0.487 e. The van der Waals surface area contributed by atoms with E-state index in [1.165, 1.54) is 0 Å². The Balaban J connectivity index is 1.74. The normalized spacial score (nSPS) is 15.7. The third kappa shape index (κ3) is 4.10. The highest BCUT2D eigenvalue weighted by Crippen LogP contribution is 2.37. The second kappa shape index (κ2) is 8.13. The Bertz CT molecular complexity index is 763. The van der Waals surface area contributed by atoms with Crippen LogP contribution in [-0.4, -0.2) is 52.7 Å². The predicted molar refractivity (Wildman–Crippen MR) is 95.4 cm³/mol. The molecule has 9 heteroatoms. The third-order valence-corrected chi connectivity index (χ3v) is 4.32. The summed E-state index contributed by atoms with van der Waals surface area (Å²) in [7, 11) is 0. The van der Waals surface area contributed by atoms with Gasteiger partial charge in [0.2, 0.25) is 5.89 Å². The summed E-state index contributed by atoms with van der Waals surface area (Å²) in [5.41, 5.74) is 0.648. The van der Waals surface area contributed by atoms with Gasteiger partial charge in [-0.3, -0.25) is 15.0 Å². The van der Waals surface area contributed by atoms with Gasteiger partial charge >= 0.3 is 5.69 Å². The molecule has 3 rings (SSSR count). The number of hydrogen-bond acceptors (Lipinski definition) is 8. The first-order chi connectivity index (χ1) is 12.6. The highest BCUT2D eigenvalue weighted by atomic mass is 16.6. The Labute approximate surface area is 151 Å². The monoisotopic (exact) mass is 361 g/mol. The van der Waals surface area contributed by atoms with Crippen LogP contribution in [0.4, 0.5) is 11.4 Å². The summed E-state index contributed by atoms with van der Waals surface area (Å²) in [6.07, 6.45) is 0.896. The molecule has 0 N–H and O–H groups in total. The van der Waals surface area contributed by atoms with Crippen LogP contribution in [-0.2, 0) is 6.54 Å². The van der Waals surface area contributed by atoms with E-state index in [4.69, 9.17) is 9.26 Å². The quantitative estimate of drug-likeness (QED) is 0.571. The number of nitro groups is 1. The minimum Gasteiger partial charge on any atom is -0.487 e. The van der Waals surface area contributed by atoms with Crippen molar-refractivity contribution in [3.63, 3.8) is 0 Å². The van der Waals surface area contributed by atoms with Crippen molar-refractivity contribution in [2.75, 3.05) is 37.7 Å². The fourth-order valence-electron chi connectivity index (χ4n) is 3.20. The molecule has 0 atom stereocenters. The molecule has 1 saturated heterocycles. The lowest BCUT2D eigenvalue weighted by Crippen LogP contribution is -2.31. The molecule has 0 amide bonds. The number of aromatic nitrogens is 2. The molecule has 0 bridgehead atoms. The Hall–Kier alpha value is -2.68. The van der Waals surface area contributed by atoms with Crippen LogP contribution >= 0.6 is 0 Å². The standard InChI is InChI=1S/C17H23N5O4/c1-3-25-15-7-4-6-14(17(15)22(23)24)21-9-5-8-20(10-11-21)12-16-18-13(2)26-19-16/h4,6-7H,3,5,8-12H2,1-2H3. The molecule has 1 fully saturated rings. The van der Waals surface area contributed by atoms with Crippen molar-refractivity contribution >= 4 is 11.4 Å². The van der Waals surface area contributed by atoms with E-state index in [2.05, 4.69) is 19.9 Å². The lowest BCUT2D eigenvalue weighted by molar-refractivity contribution is -0.385. The van der Waals surface area contributed by atoms with Gasteiger partial charge in [-0.2, -0.15) is 4.98 Å². The number of anilines is 1. The summed E-state index contributed by atoms with van der Waals surface area (Å²) in [6.45, 7) is 7.68. The number of aryl methyl sites for hydroxylation is 1. The van der Waals surface area contributed by atoms with Gasteiger partial charge in [-0.25, -0.2) is 0 Å². The maximum atomic E-state index is 11.6. The van der Waals surface area contributed by atoms with E-state index in [1.54, 1.807) is 25.1 Å². The zero-order chi connectivity index (χ0) is 18.5. The van der Waals surface area contributed by atoms with Crippen LogP contribution in [0.5, 0.6) is 5.75 Å². The van der Waals surface area contributed by atoms with Gasteiger partial charge in [0, 0.05) is 33.1 Å². The molecule has 2 aromatic rings. The lowest BCUT2D eigenvalue weighted by atomic mass is 10.2. The van der Waals surface area contributed by atoms with Crippen molar-refractivity contribution < 1.29 is 14.2 Å². The maximum absolute atomic E-state index is 11.6. The molecule has 1 aromatic heterocycles. The van der Waals surface area contributed by atoms with E-state index in [0.717, 1.165) is 26.1 Å². The van der Waals surface area contributed by atoms with Gasteiger partial charge in [0.1, 0.15) is 5.69 Å². The van der Waals surface area contributed by atoms with Crippen molar-refractivity contribution in [1.29, 1.82) is 0 Å². The Morgan fingerprint density at radius 1 is 1.31 bits per heavy atom. The van der Waals surface area contributed by atoms with E-state index < -0.39 is 0 Å². The summed E-state index contributed by atoms with van der Waals surface area (Å²) in [6, 6.07) is 5.24. The molecule has 0 aliphatic carbocycles. The van der Waals surface area contributed by atoms with Crippen molar-refractivity contribution in [2.45, 2.75) is 26.8 Å². The molecule has 1 aliphatic heterocycles. The van der Waals surface area contributed by atoms with Gasteiger partial charge in [-0.15, -0.1) is 0 Å². The highest BCUT2D eigenvalue weighted by molar-refractivity contribution is 5.69. The van der Waals surface area contributed by atoms with Gasteiger partial charge in [-0.05, 0) is 25.5 Å². The van der Waals surface area contributed by atoms with Crippen LogP contribution in [0.3, 0.4) is 0 Å². The molecule has 140 valence electrons. The summed E-state index contributed by atoms with van der Waals surface area (Å²) >= 11 is 0. The fourth-order valence-corrected chi connectivity index (χ4v) is 3.20. The number of nitrogens with zero attached hydrogens (tertiary/aromatic N) is 5. The van der Waals surface area contributed by atoms with E-state index in [1.807, 2.05) is 6.92 Å². The molecular weight excluding hydrogens is 338 g/mol. The Morgan fingerprint density at radius 2 is 2.15 bits per heavy atom. The fraction of sp³-hybridized carbons (Fsp3) is 0.529. The SMILES string of the molecule is CCOc1cccc(N2CCCN(Cc3noc(C)n3)CC2)c1[N+](=O)[O-]. The van der Waals surface area contributed by atoms with Crippen LogP contribution in [0.1, 0.15) is 25.1 Å². The molecule has 2 heterocycles. The summed E-state index contributed by atoms with van der Waals surface area (Å²) in [4.78, 5) is 19.8. The maximum Gasteiger partial charge on any atom is 0.333 e. The van der Waals surface area contributed by atoms with Crippen LogP contribution in [0.2, 0.25) is 0 Å². The van der Waals surface area contributed by atoms with Crippen molar-refractivity contribution in [3.05, 3.63) is 40.0 Å². The first-order valence-corrected chi connectivity index (χ1v) is 8.75. The van der Waals surface area contributed by atoms with Crippen LogP contribution in [0.25, 0.3) is 0 Å². The topological polar surface area (TPSA) is 97.8 Å². The smallest absolute Gasteiger partial charge is 0.333 e. The molecule has 1 aliphatic rings. The zero-order valence-corrected chi connectivity index (χ0v) is 15.1. The van der Waals surface area contributed by atoms with Crippen molar-refractivity contribution in [3.8, 4) is 5.75 Å². The zero-order valence-electron chi connectivity index (χ0n) is 15.1. The highest BCUT2D eigenvalue weighted by Gasteiger charge is 2.26. The minimum atomic E-state index is -0.356. The van der Waals surface area contributed by atoms with Crippen molar-refractivity contribution in [2.24, 2.45) is 0 Å². The molecule has 1 aromatic carbocycles. The lowest BCUT2D eigenvalue weighted by Gasteiger charge is -2.23. The number of para-hydroxylation sites is 1. The first kappa shape index (κ1) is 18.1. The average molecular weight is 361 g/mol. The van der Waals surface area contributed by atoms with Crippen LogP contribution < -0.4 is 9.64 Å². The second-order valence-corrected chi connectivity index (χ2v) is 6.16.